The van der Waals surface area contributed by atoms with Crippen LogP contribution in [0.25, 0.3) is 10.2 Å². The van der Waals surface area contributed by atoms with Gasteiger partial charge in [-0.1, -0.05) is 17.4 Å². The van der Waals surface area contributed by atoms with Crippen molar-refractivity contribution in [2.75, 3.05) is 23.6 Å². The first kappa shape index (κ1) is 18.4. The number of hydrogen-bond donors (Lipinski definition) is 4. The first-order chi connectivity index (χ1) is 14.1. The lowest BCUT2D eigenvalue weighted by molar-refractivity contribution is 0.0957. The van der Waals surface area contributed by atoms with Crippen molar-refractivity contribution >= 4 is 49.9 Å². The Bertz CT molecular complexity index is 1170. The Balaban J connectivity index is 1.50. The average molecular weight is 408 g/mol. The van der Waals surface area contributed by atoms with Crippen LogP contribution >= 0.6 is 11.3 Å². The smallest absolute Gasteiger partial charge is 0.288 e. The maximum atomic E-state index is 12.1. The van der Waals surface area contributed by atoms with Gasteiger partial charge in [0.2, 0.25) is 0 Å². The number of nitrogens with one attached hydrogen (secondary N) is 3. The van der Waals surface area contributed by atoms with Gasteiger partial charge in [0.25, 0.3) is 5.91 Å². The molecule has 0 unspecified atom stereocenters. The Morgan fingerprint density at radius 3 is 2.79 bits per heavy atom. The van der Waals surface area contributed by atoms with E-state index in [9.17, 15) is 4.79 Å². The number of nitrogens with two attached hydrogens (primary N) is 1. The summed E-state index contributed by atoms with van der Waals surface area (Å²) in [6.07, 6.45) is 2.86. The number of aromatic nitrogens is 4. The van der Waals surface area contributed by atoms with Crippen molar-refractivity contribution in [2.24, 2.45) is 0 Å². The third-order valence-electron chi connectivity index (χ3n) is 3.90. The highest BCUT2D eigenvalue weighted by molar-refractivity contribution is 7.22. The topological polar surface area (TPSA) is 140 Å². The highest BCUT2D eigenvalue weighted by atomic mass is 32.1. The molecule has 3 aromatic heterocycles. The molecule has 0 fully saturated rings. The van der Waals surface area contributed by atoms with E-state index < -0.39 is 5.91 Å². The molecular weight excluding hydrogens is 392 g/mol. The fourth-order valence-corrected chi connectivity index (χ4v) is 3.35. The summed E-state index contributed by atoms with van der Waals surface area (Å²) in [5.74, 6) is 0.942. The molecule has 10 nitrogen and oxygen atoms in total. The van der Waals surface area contributed by atoms with E-state index in [2.05, 4.69) is 36.1 Å². The molecule has 5 N–H and O–H groups in total. The Morgan fingerprint density at radius 2 is 2.00 bits per heavy atom. The van der Waals surface area contributed by atoms with Crippen LogP contribution in [-0.4, -0.2) is 33.0 Å². The first-order valence-electron chi connectivity index (χ1n) is 8.43. The molecule has 1 aromatic carbocycles. The number of fused-ring (bicyclic) bond motifs is 1. The van der Waals surface area contributed by atoms with Crippen LogP contribution in [0.15, 0.2) is 48.9 Å². The molecule has 0 saturated carbocycles. The standard InChI is InChI=1S/C18H16N8O2S/c1-28-10-5-6-11-13(8-10)29-18(23-11)24-15-14(19)16(22-9-21-15)25-26-17(27)12-4-2-3-7-20-12/h2-9H,19H2,1H3,(H,26,27)(H2,21,22,23,24,25). The summed E-state index contributed by atoms with van der Waals surface area (Å²) in [5.41, 5.74) is 12.6. The normalized spacial score (nSPS) is 10.5. The zero-order valence-electron chi connectivity index (χ0n) is 15.2. The summed E-state index contributed by atoms with van der Waals surface area (Å²) < 4.78 is 6.19. The number of carbonyl (C=O) groups is 1. The van der Waals surface area contributed by atoms with Gasteiger partial charge in [0, 0.05) is 6.20 Å². The highest BCUT2D eigenvalue weighted by Crippen LogP contribution is 2.32. The molecule has 0 aliphatic heterocycles. The van der Waals surface area contributed by atoms with Gasteiger partial charge in [-0.15, -0.1) is 0 Å². The lowest BCUT2D eigenvalue weighted by atomic mass is 10.3. The van der Waals surface area contributed by atoms with Crippen LogP contribution in [0, 0.1) is 0 Å². The minimum absolute atomic E-state index is 0.227. The van der Waals surface area contributed by atoms with Crippen LogP contribution in [0.2, 0.25) is 0 Å². The van der Waals surface area contributed by atoms with Gasteiger partial charge in [0.15, 0.2) is 16.8 Å². The number of nitrogens with zero attached hydrogens (tertiary/aromatic N) is 4. The maximum absolute atomic E-state index is 12.1. The molecule has 0 saturated heterocycles. The fourth-order valence-electron chi connectivity index (χ4n) is 2.46. The van der Waals surface area contributed by atoms with Crippen LogP contribution in [0.3, 0.4) is 0 Å². The van der Waals surface area contributed by atoms with Crippen molar-refractivity contribution in [1.29, 1.82) is 0 Å². The number of carbonyl (C=O) groups excluding carboxylic acids is 1. The Kier molecular flexibility index (Phi) is 5.03. The van der Waals surface area contributed by atoms with Gasteiger partial charge < -0.3 is 15.8 Å². The predicted octanol–water partition coefficient (Wildman–Crippen LogP) is 2.57. The molecule has 3 heterocycles. The molecule has 0 aliphatic rings. The third kappa shape index (κ3) is 3.99. The number of ether oxygens (including phenoxy) is 1. The van der Waals surface area contributed by atoms with E-state index in [1.807, 2.05) is 18.2 Å². The largest absolute Gasteiger partial charge is 0.497 e. The molecule has 0 aliphatic carbocycles. The van der Waals surface area contributed by atoms with E-state index >= 15 is 0 Å². The number of hydrazine groups is 1. The lowest BCUT2D eigenvalue weighted by Gasteiger charge is -2.11. The molecule has 11 heteroatoms. The number of methoxy groups -OCH3 is 1. The van der Waals surface area contributed by atoms with Gasteiger partial charge in [0.05, 0.1) is 17.3 Å². The van der Waals surface area contributed by atoms with Crippen molar-refractivity contribution in [3.8, 4) is 5.75 Å². The predicted molar refractivity (Wildman–Crippen MR) is 111 cm³/mol. The second-order valence-electron chi connectivity index (χ2n) is 5.76. The minimum Gasteiger partial charge on any atom is -0.497 e. The second-order valence-corrected chi connectivity index (χ2v) is 6.79. The maximum Gasteiger partial charge on any atom is 0.288 e. The van der Waals surface area contributed by atoms with E-state index in [4.69, 9.17) is 10.5 Å². The van der Waals surface area contributed by atoms with Gasteiger partial charge in [-0.2, -0.15) is 0 Å². The van der Waals surface area contributed by atoms with Gasteiger partial charge in [0.1, 0.15) is 23.5 Å². The van der Waals surface area contributed by atoms with Crippen molar-refractivity contribution in [3.63, 3.8) is 0 Å². The van der Waals surface area contributed by atoms with Crippen molar-refractivity contribution in [2.45, 2.75) is 0 Å². The number of benzene rings is 1. The van der Waals surface area contributed by atoms with Crippen LogP contribution in [0.1, 0.15) is 10.5 Å². The van der Waals surface area contributed by atoms with Crippen LogP contribution in [-0.2, 0) is 0 Å². The number of rotatable bonds is 6. The number of amides is 1. The molecule has 0 radical (unpaired) electrons. The summed E-state index contributed by atoms with van der Waals surface area (Å²) in [6, 6.07) is 10.7. The molecular formula is C18H16N8O2S. The number of nitrogen functional groups attached to an aromatic ring is 1. The monoisotopic (exact) mass is 408 g/mol. The summed E-state index contributed by atoms with van der Waals surface area (Å²) >= 11 is 1.44. The Morgan fingerprint density at radius 1 is 1.14 bits per heavy atom. The second kappa shape index (κ2) is 7.94. The highest BCUT2D eigenvalue weighted by Gasteiger charge is 2.13. The summed E-state index contributed by atoms with van der Waals surface area (Å²) in [5, 5.41) is 3.70. The summed E-state index contributed by atoms with van der Waals surface area (Å²) in [6.45, 7) is 0. The van der Waals surface area contributed by atoms with Crippen molar-refractivity contribution in [1.82, 2.24) is 25.4 Å². The lowest BCUT2D eigenvalue weighted by Crippen LogP contribution is -2.31. The number of thiazole rings is 1. The minimum atomic E-state index is -0.418. The van der Waals surface area contributed by atoms with E-state index in [0.717, 1.165) is 16.0 Å². The van der Waals surface area contributed by atoms with E-state index in [-0.39, 0.29) is 17.2 Å². The quantitative estimate of drug-likeness (QED) is 0.354. The Hall–Kier alpha value is -3.99. The van der Waals surface area contributed by atoms with Crippen LogP contribution in [0.5, 0.6) is 5.75 Å². The molecule has 146 valence electrons. The van der Waals surface area contributed by atoms with Gasteiger partial charge in [-0.05, 0) is 30.3 Å². The molecule has 1 amide bonds. The van der Waals surface area contributed by atoms with Crippen molar-refractivity contribution < 1.29 is 9.53 Å². The molecule has 0 spiro atoms. The number of anilines is 4. The molecule has 29 heavy (non-hydrogen) atoms. The van der Waals surface area contributed by atoms with Crippen molar-refractivity contribution in [3.05, 3.63) is 54.6 Å². The summed E-state index contributed by atoms with van der Waals surface area (Å²) in [4.78, 5) is 28.8. The molecule has 4 aromatic rings. The zero-order valence-corrected chi connectivity index (χ0v) is 16.0. The SMILES string of the molecule is COc1ccc2nc(Nc3ncnc(NNC(=O)c4ccccn4)c3N)sc2c1. The van der Waals surface area contributed by atoms with E-state index in [1.165, 1.54) is 23.9 Å². The van der Waals surface area contributed by atoms with Crippen LogP contribution < -0.4 is 26.6 Å². The first-order valence-corrected chi connectivity index (χ1v) is 9.25. The van der Waals surface area contributed by atoms with Gasteiger partial charge in [-0.3, -0.25) is 20.6 Å². The average Bonchev–Trinajstić information content (AvgIpc) is 3.16. The van der Waals surface area contributed by atoms with E-state index in [1.54, 1.807) is 25.3 Å². The molecule has 0 bridgehead atoms. The Labute approximate surface area is 169 Å². The number of hydrogen-bond acceptors (Lipinski definition) is 10. The van der Waals surface area contributed by atoms with Gasteiger partial charge >= 0.3 is 0 Å². The molecule has 4 rings (SSSR count). The molecule has 0 atom stereocenters. The third-order valence-corrected chi connectivity index (χ3v) is 4.83. The summed E-state index contributed by atoms with van der Waals surface area (Å²) in [7, 11) is 1.62. The fraction of sp³-hybridized carbons (Fsp3) is 0.0556. The van der Waals surface area contributed by atoms with E-state index in [0.29, 0.717) is 10.9 Å². The van der Waals surface area contributed by atoms with Crippen LogP contribution in [0.4, 0.5) is 22.5 Å². The zero-order chi connectivity index (χ0) is 20.2. The van der Waals surface area contributed by atoms with Gasteiger partial charge in [-0.25, -0.2) is 15.0 Å². The number of pyridine rings is 1.